The van der Waals surface area contributed by atoms with Gasteiger partial charge < -0.3 is 4.74 Å². The van der Waals surface area contributed by atoms with Crippen molar-refractivity contribution in [2.75, 3.05) is 6.61 Å². The Balaban J connectivity index is 1.78. The largest absolute Gasteiger partial charge is 0.376 e. The number of benzene rings is 1. The summed E-state index contributed by atoms with van der Waals surface area (Å²) in [6, 6.07) is 4.92. The van der Waals surface area contributed by atoms with Gasteiger partial charge in [0, 0.05) is 11.3 Å². The Hall–Kier alpha value is -0.780. The van der Waals surface area contributed by atoms with Crippen LogP contribution < -0.4 is 0 Å². The second-order valence-electron chi connectivity index (χ2n) is 3.91. The van der Waals surface area contributed by atoms with E-state index in [0.29, 0.717) is 17.7 Å². The van der Waals surface area contributed by atoms with Gasteiger partial charge in [0.25, 0.3) is 0 Å². The molecule has 18 heavy (non-hydrogen) atoms. The van der Waals surface area contributed by atoms with E-state index in [1.807, 2.05) is 12.4 Å². The molecule has 0 unspecified atom stereocenters. The summed E-state index contributed by atoms with van der Waals surface area (Å²) in [5.74, 6) is -0.251. The first-order chi connectivity index (χ1) is 8.66. The number of nitrogens with zero attached hydrogens (tertiary/aromatic N) is 1. The summed E-state index contributed by atoms with van der Waals surface area (Å²) in [6.45, 7) is 3.15. The van der Waals surface area contributed by atoms with Crippen molar-refractivity contribution in [2.24, 2.45) is 0 Å². The molecule has 1 heterocycles. The zero-order valence-corrected chi connectivity index (χ0v) is 12.4. The van der Waals surface area contributed by atoms with Crippen molar-refractivity contribution in [3.05, 3.63) is 50.1 Å². The van der Waals surface area contributed by atoms with Gasteiger partial charge in [0.1, 0.15) is 5.82 Å². The highest BCUT2D eigenvalue weighted by molar-refractivity contribution is 9.10. The smallest absolute Gasteiger partial charge is 0.137 e. The first-order valence-electron chi connectivity index (χ1n) is 5.57. The number of hydrogen-bond acceptors (Lipinski definition) is 3. The zero-order valence-electron chi connectivity index (χ0n) is 9.95. The Morgan fingerprint density at radius 2 is 2.28 bits per heavy atom. The molecule has 0 aliphatic rings. The van der Waals surface area contributed by atoms with Crippen molar-refractivity contribution < 1.29 is 9.13 Å². The average molecular weight is 330 g/mol. The van der Waals surface area contributed by atoms with Gasteiger partial charge in [-0.1, -0.05) is 6.07 Å². The summed E-state index contributed by atoms with van der Waals surface area (Å²) in [5, 5.41) is 0. The van der Waals surface area contributed by atoms with Crippen LogP contribution in [0.15, 0.2) is 28.2 Å². The summed E-state index contributed by atoms with van der Waals surface area (Å²) in [7, 11) is 0. The van der Waals surface area contributed by atoms with Crippen LogP contribution in [0.5, 0.6) is 0 Å². The van der Waals surface area contributed by atoms with E-state index in [9.17, 15) is 4.39 Å². The van der Waals surface area contributed by atoms with E-state index in [2.05, 4.69) is 20.9 Å². The van der Waals surface area contributed by atoms with Gasteiger partial charge in [0.05, 0.1) is 28.9 Å². The molecule has 2 aromatic rings. The lowest BCUT2D eigenvalue weighted by atomic mass is 10.2. The Morgan fingerprint density at radius 1 is 1.44 bits per heavy atom. The van der Waals surface area contributed by atoms with Gasteiger partial charge in [-0.05, 0) is 40.5 Å². The number of halogens is 2. The minimum atomic E-state index is -0.251. The van der Waals surface area contributed by atoms with Crippen LogP contribution in [0.2, 0.25) is 0 Å². The summed E-state index contributed by atoms with van der Waals surface area (Å²) in [6.07, 6.45) is 0.874. The second kappa shape index (κ2) is 6.41. The molecule has 1 aromatic carbocycles. The lowest BCUT2D eigenvalue weighted by Gasteiger charge is -2.05. The number of thiazole rings is 1. The van der Waals surface area contributed by atoms with Crippen molar-refractivity contribution >= 4 is 27.3 Å². The molecule has 0 N–H and O–H groups in total. The molecule has 5 heteroatoms. The quantitative estimate of drug-likeness (QED) is 0.770. The van der Waals surface area contributed by atoms with E-state index >= 15 is 0 Å². The van der Waals surface area contributed by atoms with Crippen LogP contribution in [0.4, 0.5) is 4.39 Å². The number of rotatable bonds is 5. The Labute approximate surface area is 118 Å². The maximum absolute atomic E-state index is 13.0. The molecule has 0 aliphatic carbocycles. The number of aromatic nitrogens is 1. The average Bonchev–Trinajstić information content (AvgIpc) is 2.75. The highest BCUT2D eigenvalue weighted by Crippen LogP contribution is 2.18. The highest BCUT2D eigenvalue weighted by atomic mass is 79.9. The summed E-state index contributed by atoms with van der Waals surface area (Å²) >= 11 is 4.81. The lowest BCUT2D eigenvalue weighted by Crippen LogP contribution is -1.99. The molecule has 0 spiro atoms. The lowest BCUT2D eigenvalue weighted by molar-refractivity contribution is 0.124. The molecule has 2 nitrogen and oxygen atoms in total. The van der Waals surface area contributed by atoms with Crippen LogP contribution in [-0.2, 0) is 17.8 Å². The van der Waals surface area contributed by atoms with Crippen molar-refractivity contribution in [1.29, 1.82) is 0 Å². The van der Waals surface area contributed by atoms with Crippen molar-refractivity contribution in [3.63, 3.8) is 0 Å². The normalized spacial score (nSPS) is 10.8. The zero-order chi connectivity index (χ0) is 13.0. The van der Waals surface area contributed by atoms with Crippen LogP contribution in [0, 0.1) is 12.7 Å². The third-order valence-corrected chi connectivity index (χ3v) is 4.17. The molecular formula is C13H13BrFNOS. The van der Waals surface area contributed by atoms with Gasteiger partial charge in [0.2, 0.25) is 0 Å². The van der Waals surface area contributed by atoms with E-state index in [-0.39, 0.29) is 5.82 Å². The monoisotopic (exact) mass is 329 g/mol. The van der Waals surface area contributed by atoms with E-state index in [1.54, 1.807) is 23.5 Å². The van der Waals surface area contributed by atoms with Crippen LogP contribution in [0.3, 0.4) is 0 Å². The first kappa shape index (κ1) is 13.6. The predicted molar refractivity (Wildman–Crippen MR) is 74.3 cm³/mol. The fourth-order valence-electron chi connectivity index (χ4n) is 1.55. The molecule has 0 saturated carbocycles. The van der Waals surface area contributed by atoms with Crippen molar-refractivity contribution in [3.8, 4) is 0 Å². The second-order valence-corrected chi connectivity index (χ2v) is 5.71. The molecule has 96 valence electrons. The standard InChI is InChI=1S/C13H13BrFNOS/c1-9-13(18-8-16-9)4-5-17-7-10-2-3-12(15)11(14)6-10/h2-3,6,8H,4-5,7H2,1H3. The van der Waals surface area contributed by atoms with Crippen LogP contribution in [0.25, 0.3) is 0 Å². The third kappa shape index (κ3) is 3.60. The summed E-state index contributed by atoms with van der Waals surface area (Å²) in [5.41, 5.74) is 3.89. The maximum Gasteiger partial charge on any atom is 0.137 e. The fraction of sp³-hybridized carbons (Fsp3) is 0.308. The topological polar surface area (TPSA) is 22.1 Å². The predicted octanol–water partition coefficient (Wildman–Crippen LogP) is 4.11. The Morgan fingerprint density at radius 3 is 2.94 bits per heavy atom. The van der Waals surface area contributed by atoms with E-state index in [1.165, 1.54) is 10.9 Å². The van der Waals surface area contributed by atoms with Gasteiger partial charge in [-0.2, -0.15) is 0 Å². The summed E-state index contributed by atoms with van der Waals surface area (Å²) in [4.78, 5) is 5.45. The molecule has 0 aliphatic heterocycles. The molecule has 2 rings (SSSR count). The van der Waals surface area contributed by atoms with Crippen LogP contribution in [0.1, 0.15) is 16.1 Å². The Kier molecular flexibility index (Phi) is 4.86. The van der Waals surface area contributed by atoms with Crippen LogP contribution >= 0.6 is 27.3 Å². The van der Waals surface area contributed by atoms with E-state index in [0.717, 1.165) is 17.7 Å². The number of aryl methyl sites for hydroxylation is 1. The fourth-order valence-corrected chi connectivity index (χ4v) is 2.74. The van der Waals surface area contributed by atoms with Crippen LogP contribution in [-0.4, -0.2) is 11.6 Å². The van der Waals surface area contributed by atoms with E-state index < -0.39 is 0 Å². The number of ether oxygens (including phenoxy) is 1. The Bertz CT molecular complexity index is 529. The SMILES string of the molecule is Cc1ncsc1CCOCc1ccc(F)c(Br)c1. The van der Waals surface area contributed by atoms with Gasteiger partial charge in [0.15, 0.2) is 0 Å². The molecule has 1 aromatic heterocycles. The third-order valence-electron chi connectivity index (χ3n) is 2.57. The van der Waals surface area contributed by atoms with Gasteiger partial charge in [-0.3, -0.25) is 0 Å². The molecule has 0 saturated heterocycles. The van der Waals surface area contributed by atoms with Gasteiger partial charge >= 0.3 is 0 Å². The molecule has 0 fully saturated rings. The molecule has 0 amide bonds. The molecular weight excluding hydrogens is 317 g/mol. The maximum atomic E-state index is 13.0. The molecule has 0 atom stereocenters. The molecule has 0 radical (unpaired) electrons. The van der Waals surface area contributed by atoms with Gasteiger partial charge in [-0.15, -0.1) is 11.3 Å². The first-order valence-corrected chi connectivity index (χ1v) is 7.24. The molecule has 0 bridgehead atoms. The minimum absolute atomic E-state index is 0.251. The van der Waals surface area contributed by atoms with E-state index in [4.69, 9.17) is 4.74 Å². The minimum Gasteiger partial charge on any atom is -0.376 e. The highest BCUT2D eigenvalue weighted by Gasteiger charge is 2.03. The number of hydrogen-bond donors (Lipinski definition) is 0. The van der Waals surface area contributed by atoms with Crippen molar-refractivity contribution in [2.45, 2.75) is 20.0 Å². The van der Waals surface area contributed by atoms with Gasteiger partial charge in [-0.25, -0.2) is 9.37 Å². The summed E-state index contributed by atoms with van der Waals surface area (Å²) < 4.78 is 19.1. The van der Waals surface area contributed by atoms with Crippen molar-refractivity contribution in [1.82, 2.24) is 4.98 Å².